The molecule has 4 aliphatic heterocycles. The number of benzene rings is 5. The zero-order valence-corrected chi connectivity index (χ0v) is 43.5. The van der Waals surface area contributed by atoms with Gasteiger partial charge in [0.1, 0.15) is 31.3 Å². The predicted molar refractivity (Wildman–Crippen MR) is 289 cm³/mol. The van der Waals surface area contributed by atoms with Gasteiger partial charge in [0.25, 0.3) is 23.6 Å². The number of aromatic hydroxyl groups is 1. The number of hydrogen-bond donors (Lipinski definition) is 5. The van der Waals surface area contributed by atoms with E-state index in [1.165, 1.54) is 36.2 Å². The molecule has 6 amide bonds. The van der Waals surface area contributed by atoms with Crippen LogP contribution < -0.4 is 26.8 Å². The first-order valence-electron chi connectivity index (χ1n) is 25.3. The summed E-state index contributed by atoms with van der Waals surface area (Å²) in [6.45, 7) is 2.11. The second-order valence-corrected chi connectivity index (χ2v) is 19.3. The van der Waals surface area contributed by atoms with E-state index < -0.39 is 11.1 Å². The zero-order valence-electron chi connectivity index (χ0n) is 43.5. The molecule has 2 fully saturated rings. The van der Waals surface area contributed by atoms with Crippen molar-refractivity contribution >= 4 is 58.7 Å². The quantitative estimate of drug-likeness (QED) is 0.0938. The van der Waals surface area contributed by atoms with Crippen LogP contribution in [0.5, 0.6) is 11.5 Å². The van der Waals surface area contributed by atoms with E-state index in [-0.39, 0.29) is 78.2 Å². The van der Waals surface area contributed by atoms with Crippen molar-refractivity contribution in [3.63, 3.8) is 0 Å². The Kier molecular flexibility index (Phi) is 17.0. The monoisotopic (exact) mass is 1050 g/mol. The molecule has 2 saturated heterocycles. The topological polar surface area (TPSA) is 264 Å². The maximum Gasteiger partial charge on any atom is 0.261 e. The van der Waals surface area contributed by atoms with Gasteiger partial charge >= 0.3 is 0 Å². The molecule has 2 unspecified atom stereocenters. The van der Waals surface area contributed by atoms with Crippen molar-refractivity contribution < 1.29 is 48.1 Å². The van der Waals surface area contributed by atoms with Crippen LogP contribution in [-0.2, 0) is 46.3 Å². The molecule has 0 aromatic heterocycles. The van der Waals surface area contributed by atoms with Crippen LogP contribution in [0.4, 0.5) is 11.4 Å². The summed E-state index contributed by atoms with van der Waals surface area (Å²) in [7, 11) is 6.09. The number of amides is 6. The van der Waals surface area contributed by atoms with Crippen molar-refractivity contribution in [3.05, 3.63) is 155 Å². The van der Waals surface area contributed by atoms with Gasteiger partial charge in [-0.25, -0.2) is 9.98 Å². The van der Waals surface area contributed by atoms with Crippen molar-refractivity contribution in [1.82, 2.24) is 19.6 Å². The van der Waals surface area contributed by atoms with Crippen LogP contribution >= 0.6 is 0 Å². The molecule has 9 rings (SSSR count). The highest BCUT2D eigenvalue weighted by molar-refractivity contribution is 6.08. The summed E-state index contributed by atoms with van der Waals surface area (Å²) in [5.74, 6) is -0.608. The average molecular weight is 1050 g/mol. The van der Waals surface area contributed by atoms with Gasteiger partial charge in [0, 0.05) is 88.8 Å². The first-order valence-corrected chi connectivity index (χ1v) is 25.3. The van der Waals surface area contributed by atoms with Gasteiger partial charge < -0.3 is 51.2 Å². The second-order valence-electron chi connectivity index (χ2n) is 19.3. The third kappa shape index (κ3) is 11.8. The van der Waals surface area contributed by atoms with Gasteiger partial charge in [0.2, 0.25) is 11.8 Å². The Labute approximate surface area is 446 Å². The van der Waals surface area contributed by atoms with Crippen molar-refractivity contribution in [2.45, 2.75) is 43.4 Å². The van der Waals surface area contributed by atoms with Crippen molar-refractivity contribution in [2.24, 2.45) is 33.3 Å². The third-order valence-corrected chi connectivity index (χ3v) is 14.5. The van der Waals surface area contributed by atoms with Crippen molar-refractivity contribution in [1.29, 1.82) is 0 Å². The fourth-order valence-corrected chi connectivity index (χ4v) is 10.4. The number of carbonyl (C=O) groups excluding carboxylic acids is 6. The Morgan fingerprint density at radius 3 is 1.40 bits per heavy atom. The number of nitrogens with two attached hydrogens (primary N) is 2. The van der Waals surface area contributed by atoms with Crippen LogP contribution in [-0.4, -0.2) is 140 Å². The summed E-state index contributed by atoms with van der Waals surface area (Å²) in [5, 5.41) is 15.1. The molecule has 7 N–H and O–H groups in total. The molecular formula is C57H64N10O10. The summed E-state index contributed by atoms with van der Waals surface area (Å²) < 4.78 is 15.6. The van der Waals surface area contributed by atoms with E-state index in [9.17, 15) is 33.9 Å². The van der Waals surface area contributed by atoms with E-state index in [4.69, 9.17) is 30.7 Å². The van der Waals surface area contributed by atoms with E-state index in [1.54, 1.807) is 91.8 Å². The number of ether oxygens (including phenoxy) is 3. The number of carbonyl (C=O) groups is 6. The number of guanidine groups is 2. The van der Waals surface area contributed by atoms with Crippen LogP contribution in [0.3, 0.4) is 0 Å². The first kappa shape index (κ1) is 54.6. The van der Waals surface area contributed by atoms with Crippen molar-refractivity contribution in [2.75, 3.05) is 78.3 Å². The molecule has 5 aromatic rings. The molecule has 0 spiro atoms. The molecule has 77 heavy (non-hydrogen) atoms. The lowest BCUT2D eigenvalue weighted by Crippen LogP contribution is -2.49. The Hall–Kier alpha value is -8.62. The predicted octanol–water partition coefficient (Wildman–Crippen LogP) is 4.90. The largest absolute Gasteiger partial charge is 0.508 e. The molecule has 5 aromatic carbocycles. The number of methoxy groups -OCH3 is 2. The number of hydrogen-bond acceptors (Lipinski definition) is 14. The Morgan fingerprint density at radius 2 is 1.01 bits per heavy atom. The van der Waals surface area contributed by atoms with Crippen LogP contribution in [0.25, 0.3) is 0 Å². The molecule has 402 valence electrons. The van der Waals surface area contributed by atoms with Crippen LogP contribution in [0.15, 0.2) is 137 Å². The summed E-state index contributed by atoms with van der Waals surface area (Å²) in [4.78, 5) is 93.4. The molecule has 4 heterocycles. The molecule has 20 heteroatoms. The number of likely N-dealkylation sites (tertiary alicyclic amines) is 2. The SMILES string of the molecule is COCC(=O)Nc1cccc(C2(C3CCN(C(=O)c4ccc(O)cc4)CC3)N=C(N)N(C)C2=O)c1.COCC(=O)Nc1cccc(C2(C3CCN(C(=O)c4ccc(OCc5ccccc5)cc4)CC3)N=C(N)N(C)C2=O)c1. The minimum atomic E-state index is -1.24. The van der Waals surface area contributed by atoms with E-state index in [2.05, 4.69) is 15.6 Å². The lowest BCUT2D eigenvalue weighted by molar-refractivity contribution is -0.134. The van der Waals surface area contributed by atoms with Gasteiger partial charge in [-0.1, -0.05) is 54.6 Å². The maximum atomic E-state index is 13.7. The Morgan fingerprint density at radius 1 is 0.597 bits per heavy atom. The van der Waals surface area contributed by atoms with Gasteiger partial charge in [-0.2, -0.15) is 0 Å². The van der Waals surface area contributed by atoms with E-state index in [1.807, 2.05) is 47.4 Å². The van der Waals surface area contributed by atoms with Gasteiger partial charge in [-0.15, -0.1) is 0 Å². The molecule has 0 saturated carbocycles. The molecule has 20 nitrogen and oxygen atoms in total. The standard InChI is InChI=1S/C32H35N5O5.C25H29N5O5/c1-36-30(40)32(35-31(36)33,25-9-6-10-26(19-25)34-28(38)21-41-2)24-15-17-37(18-16-24)29(39)23-11-13-27(14-12-23)42-20-22-7-4-3-5-8-22;1-29-23(34)25(28-24(29)26,18-4-3-5-19(14-18)27-21(32)15-35-2)17-10-12-30(13-11-17)22(33)16-6-8-20(31)9-7-16/h3-14,19,24H,15-18,20-21H2,1-2H3,(H2,33,35)(H,34,38);3-9,14,17,31H,10-13,15H2,1-2H3,(H2,26,28)(H,27,32). The maximum absolute atomic E-state index is 13.7. The smallest absolute Gasteiger partial charge is 0.261 e. The highest BCUT2D eigenvalue weighted by Gasteiger charge is 2.55. The number of anilines is 2. The fourth-order valence-electron chi connectivity index (χ4n) is 10.4. The summed E-state index contributed by atoms with van der Waals surface area (Å²) in [6.07, 6.45) is 2.20. The summed E-state index contributed by atoms with van der Waals surface area (Å²) in [6, 6.07) is 37.4. The number of rotatable bonds is 15. The van der Waals surface area contributed by atoms with Gasteiger partial charge in [0.05, 0.1) is 0 Å². The lowest BCUT2D eigenvalue weighted by Gasteiger charge is -2.40. The van der Waals surface area contributed by atoms with E-state index >= 15 is 0 Å². The summed E-state index contributed by atoms with van der Waals surface area (Å²) in [5.41, 5.74) is 14.3. The number of likely N-dealkylation sites (N-methyl/N-ethyl adjacent to an activating group) is 2. The minimum absolute atomic E-state index is 0.0714. The third-order valence-electron chi connectivity index (χ3n) is 14.5. The minimum Gasteiger partial charge on any atom is -0.508 e. The fraction of sp³-hybridized carbons (Fsp3) is 0.333. The molecule has 0 bridgehead atoms. The number of aliphatic imine (C=N–C) groups is 2. The highest BCUT2D eigenvalue weighted by atomic mass is 16.5. The van der Waals surface area contributed by atoms with Gasteiger partial charge in [-0.3, -0.25) is 38.6 Å². The van der Waals surface area contributed by atoms with Crippen LogP contribution in [0.2, 0.25) is 0 Å². The van der Waals surface area contributed by atoms with Crippen molar-refractivity contribution in [3.8, 4) is 11.5 Å². The first-order chi connectivity index (χ1) is 37.1. The normalized spacial score (nSPS) is 19.7. The highest BCUT2D eigenvalue weighted by Crippen LogP contribution is 2.46. The number of nitrogens with zero attached hydrogens (tertiary/aromatic N) is 6. The molecular weight excluding hydrogens is 985 g/mol. The number of nitrogens with one attached hydrogen (secondary N) is 2. The molecule has 2 atom stereocenters. The van der Waals surface area contributed by atoms with E-state index in [0.29, 0.717) is 97.8 Å². The van der Waals surface area contributed by atoms with Crippen LogP contribution in [0.1, 0.15) is 63.1 Å². The molecule has 0 radical (unpaired) electrons. The average Bonchev–Trinajstić information content (AvgIpc) is 3.97. The van der Waals surface area contributed by atoms with Gasteiger partial charge in [-0.05, 0) is 115 Å². The number of phenolic OH excluding ortho intramolecular Hbond substituents is 1. The van der Waals surface area contributed by atoms with Gasteiger partial charge in [0.15, 0.2) is 23.0 Å². The van der Waals surface area contributed by atoms with E-state index in [0.717, 1.165) is 5.56 Å². The zero-order chi connectivity index (χ0) is 54.9. The number of phenols is 1. The second kappa shape index (κ2) is 23.9. The number of piperidine rings is 2. The Bertz CT molecular complexity index is 3030. The van der Waals surface area contributed by atoms with Crippen LogP contribution in [0, 0.1) is 11.8 Å². The Balaban J connectivity index is 0.000000207. The summed E-state index contributed by atoms with van der Waals surface area (Å²) >= 11 is 0. The molecule has 4 aliphatic rings. The molecule has 0 aliphatic carbocycles. The lowest BCUT2D eigenvalue weighted by atomic mass is 9.73.